The largest absolute Gasteiger partial charge is 0.416 e. The molecule has 8 heteroatoms. The minimum Gasteiger partial charge on any atom is -0.416 e. The van der Waals surface area contributed by atoms with Crippen LogP contribution >= 0.6 is 0 Å². The van der Waals surface area contributed by atoms with E-state index >= 15 is 0 Å². The molecule has 2 aromatic heterocycles. The fourth-order valence-electron chi connectivity index (χ4n) is 10.00. The van der Waals surface area contributed by atoms with Crippen LogP contribution in [0.1, 0.15) is 0 Å². The molecule has 0 saturated heterocycles. The molecular weight excluding hydrogens is 909 g/mol. The second kappa shape index (κ2) is 19.2. The molecule has 13 aromatic rings. The second-order valence-corrected chi connectivity index (χ2v) is 17.9. The first-order chi connectivity index (χ1) is 36.7. The third-order valence-corrected chi connectivity index (χ3v) is 13.4. The fraction of sp³-hybridized carbons (Fsp3) is 0. The lowest BCUT2D eigenvalue weighted by molar-refractivity contribution is 0.584. The lowest BCUT2D eigenvalue weighted by atomic mass is 9.84. The van der Waals surface area contributed by atoms with Gasteiger partial charge in [-0.1, -0.05) is 152 Å². The summed E-state index contributed by atoms with van der Waals surface area (Å²) in [5.74, 6) is 1.88. The second-order valence-electron chi connectivity index (χ2n) is 17.9. The number of hydrogen-bond acceptors (Lipinski definition) is 8. The Hall–Kier alpha value is -10.2. The van der Waals surface area contributed by atoms with Crippen molar-refractivity contribution in [3.8, 4) is 68.1 Å². The van der Waals surface area contributed by atoms with Crippen molar-refractivity contribution >= 4 is 55.7 Å². The van der Waals surface area contributed by atoms with Crippen molar-refractivity contribution in [2.24, 2.45) is 0 Å². The number of fused-ring (bicyclic) bond motifs is 2. The predicted molar refractivity (Wildman–Crippen MR) is 299 cm³/mol. The third kappa shape index (κ3) is 8.22. The molecule has 0 fully saturated rings. The zero-order valence-electron chi connectivity index (χ0n) is 39.9. The molecule has 0 spiro atoms. The van der Waals surface area contributed by atoms with E-state index in [-0.39, 0.29) is 0 Å². The van der Waals surface area contributed by atoms with Crippen molar-refractivity contribution < 1.29 is 8.83 Å². The van der Waals surface area contributed by atoms with E-state index in [2.05, 4.69) is 236 Å². The van der Waals surface area contributed by atoms with Gasteiger partial charge < -0.3 is 18.6 Å². The monoisotopic (exact) mass is 952 g/mol. The van der Waals surface area contributed by atoms with Crippen LogP contribution in [0.3, 0.4) is 0 Å². The molecule has 0 atom stereocenters. The minimum atomic E-state index is 0.457. The number of para-hydroxylation sites is 3. The molecule has 74 heavy (non-hydrogen) atoms. The molecule has 0 aliphatic carbocycles. The van der Waals surface area contributed by atoms with Crippen LogP contribution in [-0.2, 0) is 0 Å². The Morgan fingerprint density at radius 3 is 0.986 bits per heavy atom. The maximum atomic E-state index is 6.24. The van der Waals surface area contributed by atoms with Gasteiger partial charge in [-0.05, 0) is 154 Å². The third-order valence-electron chi connectivity index (χ3n) is 13.4. The molecule has 0 amide bonds. The molecular formula is C66H44N6O2. The van der Waals surface area contributed by atoms with E-state index in [1.807, 2.05) is 60.7 Å². The van der Waals surface area contributed by atoms with Crippen LogP contribution in [0.25, 0.3) is 89.6 Å². The van der Waals surface area contributed by atoms with Crippen molar-refractivity contribution in [1.29, 1.82) is 0 Å². The lowest BCUT2D eigenvalue weighted by Gasteiger charge is -2.30. The van der Waals surface area contributed by atoms with Gasteiger partial charge in [0.2, 0.25) is 23.6 Å². The molecule has 350 valence electrons. The zero-order chi connectivity index (χ0) is 49.2. The topological polar surface area (TPSA) is 84.3 Å². The Labute approximate surface area is 427 Å². The highest BCUT2D eigenvalue weighted by Gasteiger charge is 2.24. The summed E-state index contributed by atoms with van der Waals surface area (Å²) in [5, 5.41) is 22.1. The number of aromatic nitrogens is 4. The van der Waals surface area contributed by atoms with Crippen molar-refractivity contribution in [3.05, 3.63) is 267 Å². The van der Waals surface area contributed by atoms with Gasteiger partial charge in [-0.25, -0.2) is 0 Å². The van der Waals surface area contributed by atoms with E-state index < -0.39 is 0 Å². The Morgan fingerprint density at radius 1 is 0.230 bits per heavy atom. The summed E-state index contributed by atoms with van der Waals surface area (Å²) in [4.78, 5) is 4.67. The summed E-state index contributed by atoms with van der Waals surface area (Å²) >= 11 is 0. The SMILES string of the molecule is c1ccc(-c2nnc(-c3ccc(-c4c5ccccc5c(-c5ccc(-c6nnc(-c7ccccc7)o6)cc5)c5c(N(c6ccccc6)c6ccc(N(c7ccccc7)c7ccccc7)cc6)cccc45)cc3)o2)cc1. The van der Waals surface area contributed by atoms with E-state index in [9.17, 15) is 0 Å². The van der Waals surface area contributed by atoms with Gasteiger partial charge in [0.1, 0.15) is 0 Å². The summed E-state index contributed by atoms with van der Waals surface area (Å²) in [6, 6.07) is 92.6. The van der Waals surface area contributed by atoms with Gasteiger partial charge in [0.15, 0.2) is 0 Å². The quantitative estimate of drug-likeness (QED) is 0.112. The van der Waals surface area contributed by atoms with Gasteiger partial charge in [0.05, 0.1) is 5.69 Å². The average Bonchev–Trinajstić information content (AvgIpc) is 4.19. The first-order valence-corrected chi connectivity index (χ1v) is 24.5. The van der Waals surface area contributed by atoms with Gasteiger partial charge in [-0.15, -0.1) is 20.4 Å². The normalized spacial score (nSPS) is 11.2. The van der Waals surface area contributed by atoms with Gasteiger partial charge >= 0.3 is 0 Å². The summed E-state index contributed by atoms with van der Waals surface area (Å²) < 4.78 is 12.5. The molecule has 0 N–H and O–H groups in total. The molecule has 0 saturated carbocycles. The summed E-state index contributed by atoms with van der Waals surface area (Å²) in [6.07, 6.45) is 0. The molecule has 13 rings (SSSR count). The van der Waals surface area contributed by atoms with Crippen LogP contribution in [0.2, 0.25) is 0 Å². The van der Waals surface area contributed by atoms with E-state index in [0.29, 0.717) is 23.6 Å². The Kier molecular flexibility index (Phi) is 11.4. The van der Waals surface area contributed by atoms with Crippen LogP contribution in [-0.4, -0.2) is 20.4 Å². The lowest BCUT2D eigenvalue weighted by Crippen LogP contribution is -2.12. The first-order valence-electron chi connectivity index (χ1n) is 24.5. The fourth-order valence-corrected chi connectivity index (χ4v) is 10.00. The minimum absolute atomic E-state index is 0.457. The number of nitrogens with zero attached hydrogens (tertiary/aromatic N) is 6. The van der Waals surface area contributed by atoms with Crippen molar-refractivity contribution in [2.75, 3.05) is 9.80 Å². The maximum absolute atomic E-state index is 6.24. The highest BCUT2D eigenvalue weighted by atomic mass is 16.4. The first kappa shape index (κ1) is 43.8. The van der Waals surface area contributed by atoms with Crippen LogP contribution in [0.5, 0.6) is 0 Å². The molecule has 0 aliphatic rings. The van der Waals surface area contributed by atoms with Crippen molar-refractivity contribution in [1.82, 2.24) is 20.4 Å². The molecule has 8 nitrogen and oxygen atoms in total. The summed E-state index contributed by atoms with van der Waals surface area (Å²) in [7, 11) is 0. The molecule has 11 aromatic carbocycles. The highest BCUT2D eigenvalue weighted by molar-refractivity contribution is 6.25. The number of hydrogen-bond donors (Lipinski definition) is 0. The summed E-state index contributed by atoms with van der Waals surface area (Å²) in [5.41, 5.74) is 14.0. The Morgan fingerprint density at radius 2 is 0.541 bits per heavy atom. The Bertz CT molecular complexity index is 4000. The number of benzene rings is 11. The van der Waals surface area contributed by atoms with Crippen LogP contribution in [0, 0.1) is 0 Å². The molecule has 0 unspecified atom stereocenters. The van der Waals surface area contributed by atoms with Crippen molar-refractivity contribution in [3.63, 3.8) is 0 Å². The van der Waals surface area contributed by atoms with Crippen molar-refractivity contribution in [2.45, 2.75) is 0 Å². The standard InChI is InChI=1S/C66H44N6O2/c1-6-19-47(20-7-1)63-67-69-65(73-63)49-37-33-45(34-38-49)60-56-29-16-17-30-57(56)61(46-35-39-50(40-36-46)66-70-68-64(74-66)48-21-8-2-9-22-48)62-58(60)31-18-32-59(62)72(53-27-14-5-15-28-53)55-43-41-54(42-44-55)71(51-23-10-3-11-24-51)52-25-12-4-13-26-52/h1-44H. The Balaban J connectivity index is 0.998. The smallest absolute Gasteiger partial charge is 0.248 e. The zero-order valence-corrected chi connectivity index (χ0v) is 39.9. The highest BCUT2D eigenvalue weighted by Crippen LogP contribution is 2.50. The van der Waals surface area contributed by atoms with E-state index in [1.54, 1.807) is 0 Å². The van der Waals surface area contributed by atoms with Gasteiger partial charge in [0, 0.05) is 56.1 Å². The van der Waals surface area contributed by atoms with E-state index in [1.165, 1.54) is 0 Å². The van der Waals surface area contributed by atoms with Gasteiger partial charge in [0.25, 0.3) is 0 Å². The predicted octanol–water partition coefficient (Wildman–Crippen LogP) is 17.7. The van der Waals surface area contributed by atoms with Gasteiger partial charge in [-0.3, -0.25) is 0 Å². The molecule has 0 bridgehead atoms. The molecule has 0 radical (unpaired) electrons. The van der Waals surface area contributed by atoms with Gasteiger partial charge in [-0.2, -0.15) is 0 Å². The van der Waals surface area contributed by atoms with Crippen LogP contribution in [0.15, 0.2) is 276 Å². The number of rotatable bonds is 12. The molecule has 2 heterocycles. The van der Waals surface area contributed by atoms with E-state index in [4.69, 9.17) is 8.83 Å². The number of anilines is 6. The van der Waals surface area contributed by atoms with E-state index in [0.717, 1.165) is 100 Å². The molecule has 0 aliphatic heterocycles. The van der Waals surface area contributed by atoms with Crippen LogP contribution in [0.4, 0.5) is 34.1 Å². The van der Waals surface area contributed by atoms with Crippen LogP contribution < -0.4 is 9.80 Å². The average molecular weight is 953 g/mol. The maximum Gasteiger partial charge on any atom is 0.248 e. The summed E-state index contributed by atoms with van der Waals surface area (Å²) in [6.45, 7) is 0.